The lowest BCUT2D eigenvalue weighted by Crippen LogP contribution is -2.31. The van der Waals surface area contributed by atoms with Gasteiger partial charge in [0.2, 0.25) is 5.91 Å². The zero-order chi connectivity index (χ0) is 24.2. The average Bonchev–Trinajstić information content (AvgIpc) is 3.61. The molecule has 3 aromatic rings. The van der Waals surface area contributed by atoms with Gasteiger partial charge < -0.3 is 9.64 Å². The van der Waals surface area contributed by atoms with Crippen LogP contribution in [0, 0.1) is 26.7 Å². The first-order valence-corrected chi connectivity index (χ1v) is 12.0. The Bertz CT molecular complexity index is 1180. The number of hydrogen-bond acceptors (Lipinski definition) is 4. The van der Waals surface area contributed by atoms with Crippen LogP contribution in [0.15, 0.2) is 48.5 Å². The van der Waals surface area contributed by atoms with Crippen molar-refractivity contribution < 1.29 is 14.3 Å². The zero-order valence-corrected chi connectivity index (χ0v) is 20.5. The molecule has 0 unspecified atom stereocenters. The molecule has 0 aliphatic heterocycles. The van der Waals surface area contributed by atoms with E-state index in [-0.39, 0.29) is 24.3 Å². The monoisotopic (exact) mass is 459 g/mol. The van der Waals surface area contributed by atoms with Crippen LogP contribution in [0.25, 0.3) is 11.1 Å². The normalized spacial score (nSPS) is 13.1. The van der Waals surface area contributed by atoms with Crippen LogP contribution >= 0.6 is 0 Å². The second-order valence-corrected chi connectivity index (χ2v) is 9.12. The van der Waals surface area contributed by atoms with Gasteiger partial charge in [-0.15, -0.1) is 0 Å². The van der Waals surface area contributed by atoms with Crippen LogP contribution < -0.4 is 0 Å². The van der Waals surface area contributed by atoms with Crippen molar-refractivity contribution in [2.75, 3.05) is 6.61 Å². The second kappa shape index (κ2) is 10.2. The molecule has 6 heteroatoms. The molecule has 1 saturated carbocycles. The molecule has 0 bridgehead atoms. The first kappa shape index (κ1) is 23.7. The van der Waals surface area contributed by atoms with Crippen LogP contribution in [0.4, 0.5) is 0 Å². The summed E-state index contributed by atoms with van der Waals surface area (Å²) in [6.07, 6.45) is 1.95. The standard InChI is InChI=1S/C28H33N3O3/c1-5-34-26(32)18-31-21(4)27(20(3)29-31)25-14-11-19(2)15-24(25)17-30(28(33)23-12-13-23)16-22-9-7-6-8-10-22/h6-11,14-15,23H,5,12-13,16-18H2,1-4H3. The summed E-state index contributed by atoms with van der Waals surface area (Å²) in [7, 11) is 0. The van der Waals surface area contributed by atoms with E-state index >= 15 is 0 Å². The predicted octanol–water partition coefficient (Wildman–Crippen LogP) is 4.98. The van der Waals surface area contributed by atoms with Crippen LogP contribution in [-0.2, 0) is 34.0 Å². The molecule has 178 valence electrons. The van der Waals surface area contributed by atoms with E-state index in [0.29, 0.717) is 19.7 Å². The van der Waals surface area contributed by atoms with Crippen LogP contribution in [0.5, 0.6) is 0 Å². The maximum absolute atomic E-state index is 13.2. The van der Waals surface area contributed by atoms with Gasteiger partial charge in [0.1, 0.15) is 6.54 Å². The number of nitrogens with zero attached hydrogens (tertiary/aromatic N) is 3. The highest BCUT2D eigenvalue weighted by molar-refractivity contribution is 5.81. The third-order valence-electron chi connectivity index (χ3n) is 6.31. The maximum atomic E-state index is 13.2. The minimum atomic E-state index is -0.298. The van der Waals surface area contributed by atoms with Crippen molar-refractivity contribution in [2.24, 2.45) is 5.92 Å². The number of carbonyl (C=O) groups excluding carboxylic acids is 2. The van der Waals surface area contributed by atoms with Crippen molar-refractivity contribution in [2.45, 2.75) is 60.2 Å². The van der Waals surface area contributed by atoms with Crippen molar-refractivity contribution in [1.29, 1.82) is 0 Å². The Hall–Kier alpha value is -3.41. The molecule has 0 spiro atoms. The largest absolute Gasteiger partial charge is 0.465 e. The summed E-state index contributed by atoms with van der Waals surface area (Å²) in [4.78, 5) is 27.3. The van der Waals surface area contributed by atoms with E-state index in [1.54, 1.807) is 11.6 Å². The number of esters is 1. The van der Waals surface area contributed by atoms with Crippen molar-refractivity contribution >= 4 is 11.9 Å². The van der Waals surface area contributed by atoms with Gasteiger partial charge in [-0.3, -0.25) is 14.3 Å². The Morgan fingerprint density at radius 2 is 1.79 bits per heavy atom. The summed E-state index contributed by atoms with van der Waals surface area (Å²) in [5.41, 5.74) is 7.20. The molecule has 6 nitrogen and oxygen atoms in total. The van der Waals surface area contributed by atoms with E-state index in [1.165, 1.54) is 0 Å². The lowest BCUT2D eigenvalue weighted by molar-refractivity contribution is -0.144. The van der Waals surface area contributed by atoms with Gasteiger partial charge in [-0.2, -0.15) is 5.10 Å². The number of rotatable bonds is 9. The number of aromatic nitrogens is 2. The fourth-order valence-corrected chi connectivity index (χ4v) is 4.48. The van der Waals surface area contributed by atoms with Gasteiger partial charge in [0, 0.05) is 30.3 Å². The zero-order valence-electron chi connectivity index (χ0n) is 20.5. The highest BCUT2D eigenvalue weighted by Crippen LogP contribution is 2.35. The minimum absolute atomic E-state index is 0.0853. The molecular weight excluding hydrogens is 426 g/mol. The highest BCUT2D eigenvalue weighted by atomic mass is 16.5. The third kappa shape index (κ3) is 5.38. The van der Waals surface area contributed by atoms with E-state index in [9.17, 15) is 9.59 Å². The molecule has 0 saturated heterocycles. The van der Waals surface area contributed by atoms with Crippen LogP contribution in [0.3, 0.4) is 0 Å². The summed E-state index contributed by atoms with van der Waals surface area (Å²) in [6.45, 7) is 9.36. The molecule has 1 amide bonds. The molecule has 34 heavy (non-hydrogen) atoms. The van der Waals surface area contributed by atoms with E-state index < -0.39 is 0 Å². The van der Waals surface area contributed by atoms with E-state index in [1.807, 2.05) is 36.9 Å². The number of amides is 1. The smallest absolute Gasteiger partial charge is 0.327 e. The Balaban J connectivity index is 1.68. The fourth-order valence-electron chi connectivity index (χ4n) is 4.48. The maximum Gasteiger partial charge on any atom is 0.327 e. The molecule has 2 aromatic carbocycles. The van der Waals surface area contributed by atoms with Crippen molar-refractivity contribution in [3.05, 3.63) is 76.6 Å². The van der Waals surface area contributed by atoms with Crippen molar-refractivity contribution in [3.63, 3.8) is 0 Å². The molecule has 1 fully saturated rings. The van der Waals surface area contributed by atoms with Gasteiger partial charge in [0.25, 0.3) is 0 Å². The number of benzene rings is 2. The minimum Gasteiger partial charge on any atom is -0.465 e. The van der Waals surface area contributed by atoms with Gasteiger partial charge in [-0.05, 0) is 57.2 Å². The third-order valence-corrected chi connectivity index (χ3v) is 6.31. The van der Waals surface area contributed by atoms with Gasteiger partial charge in [0.05, 0.1) is 12.3 Å². The number of carbonyl (C=O) groups is 2. The molecule has 1 heterocycles. The van der Waals surface area contributed by atoms with E-state index in [0.717, 1.165) is 52.0 Å². The SMILES string of the molecule is CCOC(=O)Cn1nc(C)c(-c2ccc(C)cc2CN(Cc2ccccc2)C(=O)C2CC2)c1C. The molecular formula is C28H33N3O3. The Morgan fingerprint density at radius 3 is 2.47 bits per heavy atom. The summed E-state index contributed by atoms with van der Waals surface area (Å²) >= 11 is 0. The predicted molar refractivity (Wildman–Crippen MR) is 132 cm³/mol. The molecule has 1 aromatic heterocycles. The lowest BCUT2D eigenvalue weighted by atomic mass is 9.95. The van der Waals surface area contributed by atoms with Gasteiger partial charge in [0.15, 0.2) is 0 Å². The summed E-state index contributed by atoms with van der Waals surface area (Å²) in [5, 5.41) is 4.63. The Kier molecular flexibility index (Phi) is 7.15. The number of ether oxygens (including phenoxy) is 1. The van der Waals surface area contributed by atoms with Crippen LogP contribution in [0.2, 0.25) is 0 Å². The van der Waals surface area contributed by atoms with Crippen molar-refractivity contribution in [1.82, 2.24) is 14.7 Å². The van der Waals surface area contributed by atoms with Gasteiger partial charge in [-0.25, -0.2) is 0 Å². The summed E-state index contributed by atoms with van der Waals surface area (Å²) < 4.78 is 6.83. The average molecular weight is 460 g/mol. The Labute approximate surface area is 201 Å². The molecule has 4 rings (SSSR count). The van der Waals surface area contributed by atoms with Crippen LogP contribution in [0.1, 0.15) is 47.8 Å². The van der Waals surface area contributed by atoms with Crippen LogP contribution in [-0.4, -0.2) is 33.2 Å². The first-order valence-electron chi connectivity index (χ1n) is 12.0. The highest BCUT2D eigenvalue weighted by Gasteiger charge is 2.34. The van der Waals surface area contributed by atoms with Crippen molar-refractivity contribution in [3.8, 4) is 11.1 Å². The lowest BCUT2D eigenvalue weighted by Gasteiger charge is -2.25. The first-order chi connectivity index (χ1) is 16.4. The Morgan fingerprint density at radius 1 is 1.06 bits per heavy atom. The topological polar surface area (TPSA) is 64.4 Å². The molecule has 1 aliphatic carbocycles. The molecule has 0 radical (unpaired) electrons. The van der Waals surface area contributed by atoms with Gasteiger partial charge in [-0.1, -0.05) is 54.1 Å². The quantitative estimate of drug-likeness (QED) is 0.424. The second-order valence-electron chi connectivity index (χ2n) is 9.12. The molecule has 1 aliphatic rings. The molecule has 0 N–H and O–H groups in total. The fraction of sp³-hybridized carbons (Fsp3) is 0.393. The summed E-state index contributed by atoms with van der Waals surface area (Å²) in [6, 6.07) is 16.5. The van der Waals surface area contributed by atoms with Gasteiger partial charge >= 0.3 is 5.97 Å². The molecule has 0 atom stereocenters. The van der Waals surface area contributed by atoms with E-state index in [2.05, 4.69) is 42.4 Å². The number of aryl methyl sites for hydroxylation is 2. The summed E-state index contributed by atoms with van der Waals surface area (Å²) in [5.74, 6) is 0.0726. The van der Waals surface area contributed by atoms with E-state index in [4.69, 9.17) is 4.74 Å². The number of hydrogen-bond donors (Lipinski definition) is 0.